The first-order valence-electron chi connectivity index (χ1n) is 10.3. The SMILES string of the molecule is C=C(NC(=C)c1cc(C)c(C)cc1C)c1ccc(CC2CN(CC(C)(F)F)C2)nc1. The summed E-state index contributed by atoms with van der Waals surface area (Å²) in [5.41, 5.74) is 8.19. The molecule has 1 N–H and O–H groups in total. The van der Waals surface area contributed by atoms with E-state index in [1.165, 1.54) is 16.7 Å². The normalized spacial score (nSPS) is 15.0. The topological polar surface area (TPSA) is 28.2 Å². The third-order valence-corrected chi connectivity index (χ3v) is 5.67. The van der Waals surface area contributed by atoms with Crippen molar-refractivity contribution in [3.05, 3.63) is 77.1 Å². The van der Waals surface area contributed by atoms with Crippen LogP contribution in [0.5, 0.6) is 0 Å². The van der Waals surface area contributed by atoms with E-state index in [0.717, 1.165) is 41.6 Å². The first kappa shape index (κ1) is 22.2. The van der Waals surface area contributed by atoms with Crippen molar-refractivity contribution in [1.82, 2.24) is 15.2 Å². The zero-order chi connectivity index (χ0) is 22.1. The highest BCUT2D eigenvalue weighted by Crippen LogP contribution is 2.25. The summed E-state index contributed by atoms with van der Waals surface area (Å²) in [6.07, 6.45) is 2.61. The number of aromatic nitrogens is 1. The highest BCUT2D eigenvalue weighted by Gasteiger charge is 2.33. The number of alkyl halides is 2. The average molecular weight is 412 g/mol. The highest BCUT2D eigenvalue weighted by molar-refractivity contribution is 5.76. The molecule has 0 aliphatic carbocycles. The minimum atomic E-state index is -2.63. The predicted octanol–water partition coefficient (Wildman–Crippen LogP) is 5.37. The number of halogens is 2. The van der Waals surface area contributed by atoms with Crippen molar-refractivity contribution < 1.29 is 8.78 Å². The first-order chi connectivity index (χ1) is 14.0. The van der Waals surface area contributed by atoms with Crippen molar-refractivity contribution in [2.45, 2.75) is 40.0 Å². The molecular formula is C25H31F2N3. The Morgan fingerprint density at radius 3 is 2.37 bits per heavy atom. The predicted molar refractivity (Wildman–Crippen MR) is 120 cm³/mol. The molecule has 1 aromatic heterocycles. The van der Waals surface area contributed by atoms with E-state index >= 15 is 0 Å². The van der Waals surface area contributed by atoms with Crippen LogP contribution < -0.4 is 5.32 Å². The second-order valence-electron chi connectivity index (χ2n) is 8.71. The summed E-state index contributed by atoms with van der Waals surface area (Å²) < 4.78 is 26.1. The molecule has 30 heavy (non-hydrogen) atoms. The van der Waals surface area contributed by atoms with Gasteiger partial charge in [-0.15, -0.1) is 0 Å². The van der Waals surface area contributed by atoms with Crippen molar-refractivity contribution in [3.8, 4) is 0 Å². The lowest BCUT2D eigenvalue weighted by Gasteiger charge is -2.40. The Hall–Kier alpha value is -2.53. The molecule has 3 rings (SSSR count). The van der Waals surface area contributed by atoms with Gasteiger partial charge in [0.1, 0.15) is 0 Å². The van der Waals surface area contributed by atoms with Gasteiger partial charge in [-0.1, -0.05) is 19.2 Å². The molecule has 3 nitrogen and oxygen atoms in total. The van der Waals surface area contributed by atoms with Gasteiger partial charge in [0.05, 0.1) is 6.54 Å². The minimum absolute atomic E-state index is 0.161. The van der Waals surface area contributed by atoms with Gasteiger partial charge in [0, 0.05) is 54.4 Å². The number of hydrogen-bond acceptors (Lipinski definition) is 3. The number of nitrogens with zero attached hydrogens (tertiary/aromatic N) is 2. The van der Waals surface area contributed by atoms with Gasteiger partial charge in [-0.05, 0) is 68.0 Å². The van der Waals surface area contributed by atoms with Crippen molar-refractivity contribution in [1.29, 1.82) is 0 Å². The number of rotatable bonds is 8. The summed E-state index contributed by atoms with van der Waals surface area (Å²) in [7, 11) is 0. The fraction of sp³-hybridized carbons (Fsp3) is 0.400. The van der Waals surface area contributed by atoms with Crippen molar-refractivity contribution in [2.24, 2.45) is 5.92 Å². The Labute approximate surface area is 178 Å². The fourth-order valence-corrected chi connectivity index (χ4v) is 3.95. The van der Waals surface area contributed by atoms with Crippen LogP contribution in [0.3, 0.4) is 0 Å². The second-order valence-corrected chi connectivity index (χ2v) is 8.71. The lowest BCUT2D eigenvalue weighted by atomic mass is 9.94. The molecule has 0 atom stereocenters. The Morgan fingerprint density at radius 2 is 1.77 bits per heavy atom. The van der Waals surface area contributed by atoms with Crippen LogP contribution in [-0.4, -0.2) is 35.4 Å². The Kier molecular flexibility index (Phi) is 6.41. The molecule has 0 amide bonds. The van der Waals surface area contributed by atoms with Crippen LogP contribution >= 0.6 is 0 Å². The summed E-state index contributed by atoms with van der Waals surface area (Å²) in [6.45, 7) is 16.8. The van der Waals surface area contributed by atoms with E-state index < -0.39 is 5.92 Å². The monoisotopic (exact) mass is 411 g/mol. The maximum atomic E-state index is 13.1. The van der Waals surface area contributed by atoms with Gasteiger partial charge in [-0.25, -0.2) is 8.78 Å². The van der Waals surface area contributed by atoms with E-state index in [-0.39, 0.29) is 6.54 Å². The molecule has 2 aromatic rings. The van der Waals surface area contributed by atoms with E-state index in [4.69, 9.17) is 0 Å². The van der Waals surface area contributed by atoms with Gasteiger partial charge in [-0.3, -0.25) is 9.88 Å². The Morgan fingerprint density at radius 1 is 1.10 bits per heavy atom. The van der Waals surface area contributed by atoms with Crippen LogP contribution in [0.1, 0.15) is 40.4 Å². The van der Waals surface area contributed by atoms with Gasteiger partial charge < -0.3 is 5.32 Å². The fourth-order valence-electron chi connectivity index (χ4n) is 3.95. The molecule has 1 aromatic carbocycles. The quantitative estimate of drug-likeness (QED) is 0.633. The van der Waals surface area contributed by atoms with Crippen LogP contribution in [0.15, 0.2) is 43.6 Å². The van der Waals surface area contributed by atoms with E-state index in [0.29, 0.717) is 19.0 Å². The van der Waals surface area contributed by atoms with Crippen LogP contribution in [0.25, 0.3) is 11.4 Å². The zero-order valence-corrected chi connectivity index (χ0v) is 18.4. The number of pyridine rings is 1. The number of likely N-dealkylation sites (tertiary alicyclic amines) is 1. The van der Waals surface area contributed by atoms with Crippen LogP contribution in [0.2, 0.25) is 0 Å². The van der Waals surface area contributed by atoms with Crippen molar-refractivity contribution in [3.63, 3.8) is 0 Å². The van der Waals surface area contributed by atoms with Crippen LogP contribution in [0, 0.1) is 26.7 Å². The smallest absolute Gasteiger partial charge is 0.257 e. The molecule has 0 bridgehead atoms. The zero-order valence-electron chi connectivity index (χ0n) is 18.4. The van der Waals surface area contributed by atoms with Gasteiger partial charge in [0.25, 0.3) is 5.92 Å². The van der Waals surface area contributed by atoms with Gasteiger partial charge in [0.15, 0.2) is 0 Å². The largest absolute Gasteiger partial charge is 0.355 e. The number of hydrogen-bond donors (Lipinski definition) is 1. The van der Waals surface area contributed by atoms with Gasteiger partial charge in [-0.2, -0.15) is 0 Å². The molecule has 1 fully saturated rings. The summed E-state index contributed by atoms with van der Waals surface area (Å²) in [5, 5.41) is 3.30. The van der Waals surface area contributed by atoms with E-state index in [1.54, 1.807) is 4.90 Å². The molecule has 160 valence electrons. The lowest BCUT2D eigenvalue weighted by Crippen LogP contribution is -2.51. The third kappa shape index (κ3) is 5.54. The van der Waals surface area contributed by atoms with Crippen molar-refractivity contribution >= 4 is 11.4 Å². The first-order valence-corrected chi connectivity index (χ1v) is 10.3. The molecule has 0 unspecified atom stereocenters. The molecule has 0 radical (unpaired) electrons. The Bertz CT molecular complexity index is 936. The average Bonchev–Trinajstić information content (AvgIpc) is 2.62. The van der Waals surface area contributed by atoms with E-state index in [2.05, 4.69) is 56.4 Å². The van der Waals surface area contributed by atoms with Gasteiger partial charge in [0.2, 0.25) is 0 Å². The molecule has 5 heteroatoms. The summed E-state index contributed by atoms with van der Waals surface area (Å²) >= 11 is 0. The summed E-state index contributed by atoms with van der Waals surface area (Å²) in [5.74, 6) is -2.24. The van der Waals surface area contributed by atoms with E-state index in [9.17, 15) is 8.78 Å². The Balaban J connectivity index is 1.54. The third-order valence-electron chi connectivity index (χ3n) is 5.67. The molecule has 2 heterocycles. The molecule has 1 aliphatic rings. The highest BCUT2D eigenvalue weighted by atomic mass is 19.3. The van der Waals surface area contributed by atoms with Crippen molar-refractivity contribution in [2.75, 3.05) is 19.6 Å². The molecule has 0 saturated carbocycles. The van der Waals surface area contributed by atoms with Gasteiger partial charge >= 0.3 is 0 Å². The molecule has 0 spiro atoms. The summed E-state index contributed by atoms with van der Waals surface area (Å²) in [6, 6.07) is 8.29. The lowest BCUT2D eigenvalue weighted by molar-refractivity contribution is -0.0459. The maximum Gasteiger partial charge on any atom is 0.257 e. The maximum absolute atomic E-state index is 13.1. The second kappa shape index (κ2) is 8.68. The molecule has 1 aliphatic heterocycles. The summed E-state index contributed by atoms with van der Waals surface area (Å²) in [4.78, 5) is 6.34. The van der Waals surface area contributed by atoms with E-state index in [1.807, 2.05) is 18.3 Å². The number of nitrogens with one attached hydrogen (secondary N) is 1. The standard InChI is InChI=1S/C25H31F2N3/c1-16-9-18(3)24(10-17(16)2)20(5)29-19(4)22-7-8-23(28-12-22)11-21-13-30(14-21)15-25(6,26)27/h7-10,12,21,29H,4-5,11,13-15H2,1-3,6H3. The number of benzene rings is 1. The van der Waals surface area contributed by atoms with Crippen LogP contribution in [-0.2, 0) is 6.42 Å². The number of aryl methyl sites for hydroxylation is 3. The molecular weight excluding hydrogens is 380 g/mol. The molecule has 1 saturated heterocycles. The minimum Gasteiger partial charge on any atom is -0.355 e. The van der Waals surface area contributed by atoms with Crippen LogP contribution in [0.4, 0.5) is 8.78 Å².